The Kier molecular flexibility index (Phi) is 2.94. The molecule has 1 aliphatic rings. The molecule has 1 fully saturated rings. The lowest BCUT2D eigenvalue weighted by Gasteiger charge is -2.14. The quantitative estimate of drug-likeness (QED) is 0.771. The summed E-state index contributed by atoms with van der Waals surface area (Å²) in [7, 11) is 0. The number of carbonyl (C=O) groups excluding carboxylic acids is 1. The Labute approximate surface area is 132 Å². The number of aromatic nitrogens is 2. The van der Waals surface area contributed by atoms with Crippen molar-refractivity contribution >= 4 is 34.5 Å². The number of carbonyl (C=O) groups is 1. The van der Waals surface area contributed by atoms with E-state index in [1.807, 2.05) is 48.5 Å². The lowest BCUT2D eigenvalue weighted by molar-refractivity contribution is -0.118. The number of aromatic amines is 1. The van der Waals surface area contributed by atoms with Crippen LogP contribution in [0.25, 0.3) is 11.0 Å². The first-order chi connectivity index (χ1) is 10.7. The average Bonchev–Trinajstić information content (AvgIpc) is 3.23. The van der Waals surface area contributed by atoms with Crippen LogP contribution in [0.2, 0.25) is 5.02 Å². The smallest absolute Gasteiger partial charge is 0.237 e. The van der Waals surface area contributed by atoms with E-state index in [1.54, 1.807) is 0 Å². The largest absolute Gasteiger partial charge is 0.324 e. The maximum absolute atomic E-state index is 12.7. The normalized spacial score (nSPS) is 15.7. The van der Waals surface area contributed by atoms with Crippen molar-refractivity contribution < 1.29 is 4.79 Å². The van der Waals surface area contributed by atoms with Gasteiger partial charge in [0.2, 0.25) is 11.9 Å². The van der Waals surface area contributed by atoms with Crippen molar-refractivity contribution in [1.82, 2.24) is 9.97 Å². The number of anilines is 1. The van der Waals surface area contributed by atoms with Gasteiger partial charge in [0.1, 0.15) is 0 Å². The van der Waals surface area contributed by atoms with Gasteiger partial charge < -0.3 is 4.98 Å². The second-order valence-electron chi connectivity index (χ2n) is 5.65. The molecule has 1 aromatic heterocycles. The minimum atomic E-state index is -0.441. The van der Waals surface area contributed by atoms with Crippen molar-refractivity contribution in [3.8, 4) is 0 Å². The first-order valence-corrected chi connectivity index (χ1v) is 7.57. The van der Waals surface area contributed by atoms with E-state index in [9.17, 15) is 4.79 Å². The monoisotopic (exact) mass is 311 g/mol. The summed E-state index contributed by atoms with van der Waals surface area (Å²) in [5, 5.41) is 3.59. The number of benzene rings is 2. The van der Waals surface area contributed by atoms with Gasteiger partial charge >= 0.3 is 0 Å². The van der Waals surface area contributed by atoms with Crippen LogP contribution in [0.5, 0.6) is 0 Å². The van der Waals surface area contributed by atoms with Crippen molar-refractivity contribution in [3.63, 3.8) is 0 Å². The Hall–Kier alpha value is -2.33. The lowest BCUT2D eigenvalue weighted by Crippen LogP contribution is -2.28. The summed E-state index contributed by atoms with van der Waals surface area (Å²) in [5.41, 5.74) is 2.32. The zero-order valence-corrected chi connectivity index (χ0v) is 12.5. The fraction of sp³-hybridized carbons (Fsp3) is 0.176. The van der Waals surface area contributed by atoms with Crippen molar-refractivity contribution in [2.24, 2.45) is 0 Å². The molecule has 0 aliphatic heterocycles. The number of halogens is 1. The molecule has 0 saturated heterocycles. The number of fused-ring (bicyclic) bond motifs is 1. The molecule has 0 radical (unpaired) electrons. The van der Waals surface area contributed by atoms with E-state index in [2.05, 4.69) is 15.3 Å². The van der Waals surface area contributed by atoms with Crippen molar-refractivity contribution in [1.29, 1.82) is 0 Å². The number of H-pyrrole nitrogens is 1. The van der Waals surface area contributed by atoms with E-state index in [0.717, 1.165) is 29.4 Å². The van der Waals surface area contributed by atoms with Gasteiger partial charge in [-0.05, 0) is 42.7 Å². The highest BCUT2D eigenvalue weighted by atomic mass is 35.5. The van der Waals surface area contributed by atoms with Crippen LogP contribution < -0.4 is 5.32 Å². The first-order valence-electron chi connectivity index (χ1n) is 7.20. The number of para-hydroxylation sites is 2. The summed E-state index contributed by atoms with van der Waals surface area (Å²) in [5.74, 6) is 0.473. The third kappa shape index (κ3) is 2.16. The molecule has 0 atom stereocenters. The van der Waals surface area contributed by atoms with Crippen molar-refractivity contribution in [3.05, 3.63) is 59.1 Å². The Morgan fingerprint density at radius 3 is 2.55 bits per heavy atom. The van der Waals surface area contributed by atoms with Crippen LogP contribution in [-0.4, -0.2) is 15.9 Å². The van der Waals surface area contributed by atoms with Gasteiger partial charge in [0.15, 0.2) is 0 Å². The maximum Gasteiger partial charge on any atom is 0.237 e. The summed E-state index contributed by atoms with van der Waals surface area (Å²) in [6.07, 6.45) is 1.70. The highest BCUT2D eigenvalue weighted by Gasteiger charge is 2.51. The van der Waals surface area contributed by atoms with E-state index < -0.39 is 5.41 Å². The van der Waals surface area contributed by atoms with Crippen LogP contribution in [0.4, 0.5) is 5.95 Å². The van der Waals surface area contributed by atoms with Crippen LogP contribution in [0.1, 0.15) is 18.4 Å². The second-order valence-corrected chi connectivity index (χ2v) is 6.08. The maximum atomic E-state index is 12.7. The number of hydrogen-bond acceptors (Lipinski definition) is 2. The summed E-state index contributed by atoms with van der Waals surface area (Å²) in [4.78, 5) is 20.2. The molecule has 22 heavy (non-hydrogen) atoms. The van der Waals surface area contributed by atoms with Gasteiger partial charge in [-0.2, -0.15) is 0 Å². The minimum Gasteiger partial charge on any atom is -0.324 e. The standard InChI is InChI=1S/C17H14ClN3O/c18-12-7-5-11(6-8-12)17(9-10-17)15(22)21-16-19-13-3-1-2-4-14(13)20-16/h1-8H,9-10H2,(H2,19,20,21,22). The number of imidazole rings is 1. The predicted octanol–water partition coefficient (Wildman–Crippen LogP) is 3.89. The third-order valence-electron chi connectivity index (χ3n) is 4.20. The SMILES string of the molecule is O=C(Nc1nc2ccccc2[nH]1)C1(c2ccc(Cl)cc2)CC1. The molecule has 1 aliphatic carbocycles. The molecule has 4 nitrogen and oxygen atoms in total. The Balaban J connectivity index is 1.60. The van der Waals surface area contributed by atoms with E-state index in [4.69, 9.17) is 11.6 Å². The molecule has 3 aromatic rings. The highest BCUT2D eigenvalue weighted by Crippen LogP contribution is 2.49. The summed E-state index contributed by atoms with van der Waals surface area (Å²) in [6.45, 7) is 0. The minimum absolute atomic E-state index is 0.0196. The van der Waals surface area contributed by atoms with E-state index in [-0.39, 0.29) is 5.91 Å². The number of rotatable bonds is 3. The van der Waals surface area contributed by atoms with Gasteiger partial charge in [-0.25, -0.2) is 4.98 Å². The van der Waals surface area contributed by atoms with Gasteiger partial charge in [-0.3, -0.25) is 10.1 Å². The number of amides is 1. The fourth-order valence-corrected chi connectivity index (χ4v) is 2.91. The predicted molar refractivity (Wildman–Crippen MR) is 87.1 cm³/mol. The molecule has 4 rings (SSSR count). The molecule has 0 bridgehead atoms. The van der Waals surface area contributed by atoms with Gasteiger partial charge in [0.05, 0.1) is 16.4 Å². The Morgan fingerprint density at radius 2 is 1.86 bits per heavy atom. The fourth-order valence-electron chi connectivity index (χ4n) is 2.78. The summed E-state index contributed by atoms with van der Waals surface area (Å²) < 4.78 is 0. The van der Waals surface area contributed by atoms with Crippen LogP contribution in [0.3, 0.4) is 0 Å². The van der Waals surface area contributed by atoms with Crippen LogP contribution in [-0.2, 0) is 10.2 Å². The summed E-state index contributed by atoms with van der Waals surface area (Å²) >= 11 is 5.92. The molecular weight excluding hydrogens is 298 g/mol. The summed E-state index contributed by atoms with van der Waals surface area (Å²) in [6, 6.07) is 15.2. The second kappa shape index (κ2) is 4.85. The lowest BCUT2D eigenvalue weighted by atomic mass is 9.95. The van der Waals surface area contributed by atoms with Gasteiger partial charge in [-0.1, -0.05) is 35.9 Å². The Morgan fingerprint density at radius 1 is 1.14 bits per heavy atom. The molecule has 0 spiro atoms. The van der Waals surface area contributed by atoms with Crippen LogP contribution in [0.15, 0.2) is 48.5 Å². The van der Waals surface area contributed by atoms with E-state index in [0.29, 0.717) is 11.0 Å². The van der Waals surface area contributed by atoms with E-state index >= 15 is 0 Å². The number of hydrogen-bond donors (Lipinski definition) is 2. The molecule has 2 N–H and O–H groups in total. The highest BCUT2D eigenvalue weighted by molar-refractivity contribution is 6.30. The zero-order valence-electron chi connectivity index (χ0n) is 11.8. The topological polar surface area (TPSA) is 57.8 Å². The van der Waals surface area contributed by atoms with E-state index in [1.165, 1.54) is 0 Å². The third-order valence-corrected chi connectivity index (χ3v) is 4.45. The van der Waals surface area contributed by atoms with Crippen molar-refractivity contribution in [2.75, 3.05) is 5.32 Å². The van der Waals surface area contributed by atoms with Crippen LogP contribution in [0, 0.1) is 0 Å². The molecular formula is C17H14ClN3O. The zero-order chi connectivity index (χ0) is 15.2. The van der Waals surface area contributed by atoms with Crippen LogP contribution >= 0.6 is 11.6 Å². The van der Waals surface area contributed by atoms with Gasteiger partial charge in [0.25, 0.3) is 0 Å². The Bertz CT molecular complexity index is 817. The van der Waals surface area contributed by atoms with Gasteiger partial charge in [0, 0.05) is 5.02 Å². The number of nitrogens with zero attached hydrogens (tertiary/aromatic N) is 1. The first kappa shape index (κ1) is 13.3. The van der Waals surface area contributed by atoms with Gasteiger partial charge in [-0.15, -0.1) is 0 Å². The number of nitrogens with one attached hydrogen (secondary N) is 2. The molecule has 1 amide bonds. The molecule has 1 saturated carbocycles. The van der Waals surface area contributed by atoms with Crippen molar-refractivity contribution in [2.45, 2.75) is 18.3 Å². The molecule has 1 heterocycles. The molecule has 110 valence electrons. The average molecular weight is 312 g/mol. The molecule has 2 aromatic carbocycles. The molecule has 0 unspecified atom stereocenters. The molecule has 5 heteroatoms.